The van der Waals surface area contributed by atoms with E-state index >= 15 is 0 Å². The summed E-state index contributed by atoms with van der Waals surface area (Å²) in [4.78, 5) is 11.9. The minimum atomic E-state index is -3.63. The van der Waals surface area contributed by atoms with Crippen molar-refractivity contribution < 1.29 is 21.8 Å². The summed E-state index contributed by atoms with van der Waals surface area (Å²) >= 11 is 0. The van der Waals surface area contributed by atoms with Crippen LogP contribution in [0.3, 0.4) is 0 Å². The lowest BCUT2D eigenvalue weighted by Gasteiger charge is -2.10. The van der Waals surface area contributed by atoms with Crippen molar-refractivity contribution in [2.24, 2.45) is 0 Å². The molecule has 118 valence electrons. The number of hydrogen-bond donors (Lipinski definition) is 0. The highest BCUT2D eigenvalue weighted by molar-refractivity contribution is 7.86. The molecule has 1 atom stereocenters. The zero-order chi connectivity index (χ0) is 16.2. The lowest BCUT2D eigenvalue weighted by molar-refractivity contribution is 0.198. The Hall–Kier alpha value is -2.12. The van der Waals surface area contributed by atoms with Gasteiger partial charge >= 0.3 is 0 Å². The van der Waals surface area contributed by atoms with Gasteiger partial charge in [0.15, 0.2) is 0 Å². The minimum absolute atomic E-state index is 0.0548. The molecule has 0 bridgehead atoms. The van der Waals surface area contributed by atoms with Crippen molar-refractivity contribution in [1.29, 1.82) is 0 Å². The maximum atomic E-state index is 11.9. The van der Waals surface area contributed by atoms with Crippen LogP contribution in [-0.2, 0) is 20.9 Å². The van der Waals surface area contributed by atoms with Gasteiger partial charge in [-0.25, -0.2) is 0 Å². The van der Waals surface area contributed by atoms with Crippen LogP contribution in [0.2, 0.25) is 0 Å². The van der Waals surface area contributed by atoms with Gasteiger partial charge in [-0.3, -0.25) is 8.98 Å². The van der Waals surface area contributed by atoms with Crippen LogP contribution in [0.5, 0.6) is 5.75 Å². The first-order chi connectivity index (χ1) is 10.3. The molecule has 2 rings (SSSR count). The van der Waals surface area contributed by atoms with E-state index in [1.807, 2.05) is 30.3 Å². The molecular weight excluding hydrogens is 308 g/mol. The highest BCUT2D eigenvalue weighted by Crippen LogP contribution is 2.19. The third-order valence-electron chi connectivity index (χ3n) is 2.78. The topological polar surface area (TPSA) is 82.8 Å². The monoisotopic (exact) mass is 324 g/mol. The van der Waals surface area contributed by atoms with Crippen molar-refractivity contribution >= 4 is 10.1 Å². The highest BCUT2D eigenvalue weighted by Gasteiger charge is 2.16. The zero-order valence-electron chi connectivity index (χ0n) is 12.2. The fraction of sp³-hybridized carbons (Fsp3) is 0.267. The van der Waals surface area contributed by atoms with Crippen molar-refractivity contribution in [3.8, 4) is 5.75 Å². The normalized spacial score (nSPS) is 12.8. The summed E-state index contributed by atoms with van der Waals surface area (Å²) < 4.78 is 37.5. The van der Waals surface area contributed by atoms with Crippen LogP contribution in [0.25, 0.3) is 0 Å². The van der Waals surface area contributed by atoms with Gasteiger partial charge in [-0.15, -0.1) is 0 Å². The van der Waals surface area contributed by atoms with Crippen molar-refractivity contribution in [1.82, 2.24) is 0 Å². The average molecular weight is 324 g/mol. The molecule has 1 unspecified atom stereocenters. The molecule has 2 aromatic rings. The van der Waals surface area contributed by atoms with E-state index in [0.717, 1.165) is 24.1 Å². The third kappa shape index (κ3) is 4.71. The minimum Gasteiger partial charge on any atom is -0.482 e. The molecule has 7 heteroatoms. The average Bonchev–Trinajstić information content (AvgIpc) is 2.45. The molecule has 1 aromatic heterocycles. The molecule has 0 radical (unpaired) electrons. The second-order valence-corrected chi connectivity index (χ2v) is 6.33. The van der Waals surface area contributed by atoms with Crippen molar-refractivity contribution in [3.05, 3.63) is 64.2 Å². The maximum absolute atomic E-state index is 11.9. The van der Waals surface area contributed by atoms with E-state index in [1.54, 1.807) is 0 Å². The second-order valence-electron chi connectivity index (χ2n) is 4.73. The van der Waals surface area contributed by atoms with Gasteiger partial charge in [0, 0.05) is 6.07 Å². The maximum Gasteiger partial charge on any atom is 0.265 e. The molecule has 0 N–H and O–H groups in total. The van der Waals surface area contributed by atoms with E-state index in [4.69, 9.17) is 13.3 Å². The number of ether oxygens (including phenoxy) is 1. The van der Waals surface area contributed by atoms with Gasteiger partial charge < -0.3 is 9.15 Å². The molecule has 0 aliphatic heterocycles. The number of benzene rings is 1. The van der Waals surface area contributed by atoms with Gasteiger partial charge in [-0.05, 0) is 12.5 Å². The first kappa shape index (κ1) is 16.3. The quantitative estimate of drug-likeness (QED) is 0.758. The molecule has 1 aromatic carbocycles. The molecule has 1 heterocycles. The van der Waals surface area contributed by atoms with Gasteiger partial charge in [-0.1, -0.05) is 30.3 Å². The third-order valence-corrected chi connectivity index (χ3v) is 3.41. The SMILES string of the molecule is CC(OS(C)(=O)=O)c1cc(=O)c(OCc2ccccc2)co1. The highest BCUT2D eigenvalue weighted by atomic mass is 32.2. The molecule has 0 aliphatic rings. The van der Waals surface area contributed by atoms with Gasteiger partial charge in [0.05, 0.1) is 6.26 Å². The fourth-order valence-corrected chi connectivity index (χ4v) is 2.40. The molecule has 0 spiro atoms. The summed E-state index contributed by atoms with van der Waals surface area (Å²) in [5.74, 6) is 0.168. The first-order valence-electron chi connectivity index (χ1n) is 6.53. The molecule has 0 fully saturated rings. The molecule has 0 saturated carbocycles. The lowest BCUT2D eigenvalue weighted by atomic mass is 10.2. The van der Waals surface area contributed by atoms with E-state index in [0.29, 0.717) is 0 Å². The van der Waals surface area contributed by atoms with Crippen LogP contribution in [0.15, 0.2) is 51.9 Å². The van der Waals surface area contributed by atoms with E-state index in [-0.39, 0.29) is 18.1 Å². The first-order valence-corrected chi connectivity index (χ1v) is 8.34. The Morgan fingerprint density at radius 1 is 1.23 bits per heavy atom. The Morgan fingerprint density at radius 2 is 1.91 bits per heavy atom. The Balaban J connectivity index is 2.08. The molecule has 22 heavy (non-hydrogen) atoms. The van der Waals surface area contributed by atoms with Crippen LogP contribution in [0.1, 0.15) is 24.4 Å². The molecule has 0 aliphatic carbocycles. The smallest absolute Gasteiger partial charge is 0.265 e. The van der Waals surface area contributed by atoms with Crippen molar-refractivity contribution in [2.45, 2.75) is 19.6 Å². The summed E-state index contributed by atoms with van der Waals surface area (Å²) in [5, 5.41) is 0. The molecule has 6 nitrogen and oxygen atoms in total. The van der Waals surface area contributed by atoms with E-state index < -0.39 is 21.7 Å². The zero-order valence-corrected chi connectivity index (χ0v) is 13.0. The Bertz CT molecular complexity index is 779. The van der Waals surface area contributed by atoms with Crippen LogP contribution >= 0.6 is 0 Å². The molecule has 0 saturated heterocycles. The molecular formula is C15H16O6S. The van der Waals surface area contributed by atoms with Crippen LogP contribution in [0.4, 0.5) is 0 Å². The summed E-state index contributed by atoms with van der Waals surface area (Å²) in [5.41, 5.74) is 0.515. The second kappa shape index (κ2) is 6.76. The standard InChI is InChI=1S/C15H16O6S/c1-11(21-22(2,17)18)14-8-13(16)15(10-20-14)19-9-12-6-4-3-5-7-12/h3-8,10-11H,9H2,1-2H3. The van der Waals surface area contributed by atoms with E-state index in [1.165, 1.54) is 6.92 Å². The summed E-state index contributed by atoms with van der Waals surface area (Å²) in [7, 11) is -3.63. The van der Waals surface area contributed by atoms with Crippen molar-refractivity contribution in [2.75, 3.05) is 6.26 Å². The lowest BCUT2D eigenvalue weighted by Crippen LogP contribution is -2.12. The predicted octanol–water partition coefficient (Wildman–Crippen LogP) is 2.26. The summed E-state index contributed by atoms with van der Waals surface area (Å²) in [6, 6.07) is 10.5. The van der Waals surface area contributed by atoms with Crippen LogP contribution < -0.4 is 10.2 Å². The van der Waals surface area contributed by atoms with Gasteiger partial charge in [-0.2, -0.15) is 8.42 Å². The van der Waals surface area contributed by atoms with Crippen molar-refractivity contribution in [3.63, 3.8) is 0 Å². The van der Waals surface area contributed by atoms with Crippen LogP contribution in [-0.4, -0.2) is 14.7 Å². The predicted molar refractivity (Wildman–Crippen MR) is 80.1 cm³/mol. The summed E-state index contributed by atoms with van der Waals surface area (Å²) in [6.45, 7) is 1.71. The Kier molecular flexibility index (Phi) is 4.99. The van der Waals surface area contributed by atoms with Crippen LogP contribution in [0, 0.1) is 0 Å². The fourth-order valence-electron chi connectivity index (χ4n) is 1.78. The van der Waals surface area contributed by atoms with E-state index in [9.17, 15) is 13.2 Å². The summed E-state index contributed by atoms with van der Waals surface area (Å²) in [6.07, 6.45) is 1.20. The van der Waals surface area contributed by atoms with Gasteiger partial charge in [0.1, 0.15) is 24.7 Å². The largest absolute Gasteiger partial charge is 0.482 e. The van der Waals surface area contributed by atoms with E-state index in [2.05, 4.69) is 0 Å². The Morgan fingerprint density at radius 3 is 2.50 bits per heavy atom. The van der Waals surface area contributed by atoms with Gasteiger partial charge in [0.2, 0.25) is 11.2 Å². The van der Waals surface area contributed by atoms with Gasteiger partial charge in [0.25, 0.3) is 10.1 Å². The molecule has 0 amide bonds. The number of hydrogen-bond acceptors (Lipinski definition) is 6. The Labute approximate surface area is 128 Å². The number of rotatable bonds is 6.